The highest BCUT2D eigenvalue weighted by Gasteiger charge is 2.59. The second-order valence-corrected chi connectivity index (χ2v) is 8.08. The van der Waals surface area contributed by atoms with E-state index < -0.39 is 0 Å². The minimum atomic E-state index is -0.380. The van der Waals surface area contributed by atoms with Crippen molar-refractivity contribution in [1.82, 2.24) is 0 Å². The van der Waals surface area contributed by atoms with E-state index in [9.17, 15) is 14.4 Å². The second kappa shape index (κ2) is 7.27. The first kappa shape index (κ1) is 19.4. The first-order valence-corrected chi connectivity index (χ1v) is 10.2. The molecule has 2 aromatic rings. The molecule has 2 bridgehead atoms. The topological polar surface area (TPSA) is 84.9 Å². The molecule has 0 aromatic heterocycles. The number of amides is 3. The number of nitrogens with zero attached hydrogens (tertiary/aromatic N) is 1. The van der Waals surface area contributed by atoms with E-state index in [2.05, 4.69) is 17.5 Å². The number of fused-ring (bicyclic) bond motifs is 5. The molecule has 2 aromatic carbocycles. The molecule has 158 valence electrons. The lowest BCUT2D eigenvalue weighted by Crippen LogP contribution is -2.33. The molecule has 2 fully saturated rings. The van der Waals surface area contributed by atoms with E-state index in [1.54, 1.807) is 42.5 Å². The largest absolute Gasteiger partial charge is 0.497 e. The number of carbonyl (C=O) groups excluding carboxylic acids is 3. The van der Waals surface area contributed by atoms with Gasteiger partial charge in [-0.3, -0.25) is 14.4 Å². The Morgan fingerprint density at radius 1 is 0.968 bits per heavy atom. The lowest BCUT2D eigenvalue weighted by atomic mass is 9.85. The fourth-order valence-corrected chi connectivity index (χ4v) is 5.05. The van der Waals surface area contributed by atoms with Crippen LogP contribution in [0.2, 0.25) is 0 Å². The highest BCUT2D eigenvalue weighted by Crippen LogP contribution is 2.53. The molecule has 4 unspecified atom stereocenters. The van der Waals surface area contributed by atoms with Crippen molar-refractivity contribution < 1.29 is 23.9 Å². The molecule has 0 spiro atoms. The van der Waals surface area contributed by atoms with Crippen molar-refractivity contribution in [3.05, 3.63) is 60.2 Å². The van der Waals surface area contributed by atoms with Crippen molar-refractivity contribution in [3.8, 4) is 11.5 Å². The smallest absolute Gasteiger partial charge is 0.255 e. The number of anilines is 2. The maximum absolute atomic E-state index is 13.1. The van der Waals surface area contributed by atoms with Crippen LogP contribution in [0.4, 0.5) is 11.4 Å². The molecule has 1 saturated carbocycles. The standard InChI is InChI=1S/C24H22N2O5/c1-30-17-8-9-19(31-2)18(12-17)25-22(27)15-4-3-5-16(11-15)26-23(28)20-13-6-7-14(10-13)21(20)24(26)29/h3-9,11-14,20-21H,10H2,1-2H3,(H,25,27). The fraction of sp³-hybridized carbons (Fsp3) is 0.292. The number of hydrogen-bond donors (Lipinski definition) is 1. The van der Waals surface area contributed by atoms with E-state index in [1.807, 2.05) is 0 Å². The summed E-state index contributed by atoms with van der Waals surface area (Å²) in [6.45, 7) is 0. The highest BCUT2D eigenvalue weighted by atomic mass is 16.5. The van der Waals surface area contributed by atoms with Crippen molar-refractivity contribution in [1.29, 1.82) is 0 Å². The number of methoxy groups -OCH3 is 2. The normalized spacial score (nSPS) is 25.7. The van der Waals surface area contributed by atoms with Gasteiger partial charge in [-0.1, -0.05) is 18.2 Å². The van der Waals surface area contributed by atoms with Gasteiger partial charge in [-0.05, 0) is 48.6 Å². The van der Waals surface area contributed by atoms with Gasteiger partial charge in [0.05, 0.1) is 37.4 Å². The van der Waals surface area contributed by atoms with Crippen LogP contribution in [0.15, 0.2) is 54.6 Å². The number of imide groups is 1. The van der Waals surface area contributed by atoms with Gasteiger partial charge in [0.25, 0.3) is 5.91 Å². The summed E-state index contributed by atoms with van der Waals surface area (Å²) in [5, 5.41) is 2.81. The van der Waals surface area contributed by atoms with E-state index in [4.69, 9.17) is 9.47 Å². The lowest BCUT2D eigenvalue weighted by molar-refractivity contribution is -0.123. The van der Waals surface area contributed by atoms with Crippen molar-refractivity contribution in [2.45, 2.75) is 6.42 Å². The van der Waals surface area contributed by atoms with Crippen LogP contribution in [0, 0.1) is 23.7 Å². The molecule has 7 nitrogen and oxygen atoms in total. The van der Waals surface area contributed by atoms with Crippen LogP contribution >= 0.6 is 0 Å². The molecule has 1 saturated heterocycles. The summed E-state index contributed by atoms with van der Waals surface area (Å²) in [7, 11) is 3.06. The van der Waals surface area contributed by atoms with Gasteiger partial charge in [-0.15, -0.1) is 0 Å². The number of carbonyl (C=O) groups is 3. The van der Waals surface area contributed by atoms with E-state index in [0.29, 0.717) is 28.4 Å². The number of rotatable bonds is 5. The van der Waals surface area contributed by atoms with Crippen molar-refractivity contribution in [3.63, 3.8) is 0 Å². The van der Waals surface area contributed by atoms with Crippen LogP contribution in [0.5, 0.6) is 11.5 Å². The van der Waals surface area contributed by atoms with Gasteiger partial charge >= 0.3 is 0 Å². The Hall–Kier alpha value is -3.61. The third-order valence-corrected chi connectivity index (χ3v) is 6.49. The molecule has 1 aliphatic heterocycles. The minimum Gasteiger partial charge on any atom is -0.497 e. The predicted octanol–water partition coefficient (Wildman–Crippen LogP) is 3.27. The van der Waals surface area contributed by atoms with Crippen LogP contribution in [-0.2, 0) is 9.59 Å². The van der Waals surface area contributed by atoms with Gasteiger partial charge in [-0.2, -0.15) is 0 Å². The summed E-state index contributed by atoms with van der Waals surface area (Å²) in [5.41, 5.74) is 1.22. The van der Waals surface area contributed by atoms with Crippen LogP contribution < -0.4 is 19.7 Å². The average Bonchev–Trinajstić information content (AvgIpc) is 3.47. The summed E-state index contributed by atoms with van der Waals surface area (Å²) in [5.74, 6) is 0.0834. The van der Waals surface area contributed by atoms with Crippen molar-refractivity contribution in [2.24, 2.45) is 23.7 Å². The monoisotopic (exact) mass is 418 g/mol. The summed E-state index contributed by atoms with van der Waals surface area (Å²) >= 11 is 0. The zero-order valence-electron chi connectivity index (χ0n) is 17.2. The third kappa shape index (κ3) is 3.00. The Morgan fingerprint density at radius 3 is 2.32 bits per heavy atom. The average molecular weight is 418 g/mol. The van der Waals surface area contributed by atoms with Gasteiger partial charge in [0.1, 0.15) is 11.5 Å². The number of benzene rings is 2. The number of hydrogen-bond acceptors (Lipinski definition) is 5. The van der Waals surface area contributed by atoms with Crippen molar-refractivity contribution in [2.75, 3.05) is 24.4 Å². The molecular formula is C24H22N2O5. The molecule has 3 aliphatic rings. The van der Waals surface area contributed by atoms with Crippen LogP contribution in [-0.4, -0.2) is 31.9 Å². The van der Waals surface area contributed by atoms with Crippen LogP contribution in [0.1, 0.15) is 16.8 Å². The quantitative estimate of drug-likeness (QED) is 0.595. The van der Waals surface area contributed by atoms with Gasteiger partial charge < -0.3 is 14.8 Å². The van der Waals surface area contributed by atoms with Crippen molar-refractivity contribution >= 4 is 29.1 Å². The number of allylic oxidation sites excluding steroid dienone is 2. The summed E-state index contributed by atoms with van der Waals surface area (Å²) in [6.07, 6.45) is 5.00. The SMILES string of the molecule is COc1ccc(OC)c(NC(=O)c2cccc(N3C(=O)C4C5C=CC(C5)C4C3=O)c2)c1. The molecule has 31 heavy (non-hydrogen) atoms. The Morgan fingerprint density at radius 2 is 1.68 bits per heavy atom. The van der Waals surface area contributed by atoms with Gasteiger partial charge in [0.15, 0.2) is 0 Å². The summed E-state index contributed by atoms with van der Waals surface area (Å²) in [4.78, 5) is 40.3. The number of nitrogens with one attached hydrogen (secondary N) is 1. The first-order chi connectivity index (χ1) is 15.0. The van der Waals surface area contributed by atoms with E-state index in [1.165, 1.54) is 19.1 Å². The molecule has 5 rings (SSSR count). The highest BCUT2D eigenvalue weighted by molar-refractivity contribution is 6.23. The second-order valence-electron chi connectivity index (χ2n) is 8.08. The Balaban J connectivity index is 1.41. The van der Waals surface area contributed by atoms with Gasteiger partial charge in [0.2, 0.25) is 11.8 Å². The molecule has 1 heterocycles. The summed E-state index contributed by atoms with van der Waals surface area (Å²) in [6, 6.07) is 11.7. The molecule has 3 amide bonds. The van der Waals surface area contributed by atoms with E-state index in [0.717, 1.165) is 6.42 Å². The molecule has 2 aliphatic carbocycles. The lowest BCUT2D eigenvalue weighted by Gasteiger charge is -2.18. The first-order valence-electron chi connectivity index (χ1n) is 10.2. The summed E-state index contributed by atoms with van der Waals surface area (Å²) < 4.78 is 10.5. The Labute approximate surface area is 179 Å². The van der Waals surface area contributed by atoms with E-state index >= 15 is 0 Å². The molecule has 7 heteroatoms. The fourth-order valence-electron chi connectivity index (χ4n) is 5.05. The molecule has 0 radical (unpaired) electrons. The van der Waals surface area contributed by atoms with Gasteiger partial charge in [-0.25, -0.2) is 4.90 Å². The third-order valence-electron chi connectivity index (χ3n) is 6.49. The molecular weight excluding hydrogens is 396 g/mol. The van der Waals surface area contributed by atoms with Gasteiger partial charge in [0, 0.05) is 11.6 Å². The molecule has 1 N–H and O–H groups in total. The zero-order chi connectivity index (χ0) is 21.7. The minimum absolute atomic E-state index is 0.142. The zero-order valence-corrected chi connectivity index (χ0v) is 17.2. The van der Waals surface area contributed by atoms with Crippen LogP contribution in [0.25, 0.3) is 0 Å². The van der Waals surface area contributed by atoms with Crippen LogP contribution in [0.3, 0.4) is 0 Å². The Kier molecular flexibility index (Phi) is 4.54. The number of ether oxygens (including phenoxy) is 2. The maximum atomic E-state index is 13.1. The predicted molar refractivity (Wildman–Crippen MR) is 114 cm³/mol. The Bertz CT molecular complexity index is 1090. The maximum Gasteiger partial charge on any atom is 0.255 e. The molecule has 4 atom stereocenters. The van der Waals surface area contributed by atoms with E-state index in [-0.39, 0.29) is 41.4 Å².